The highest BCUT2D eigenvalue weighted by Gasteiger charge is 2.95. The van der Waals surface area contributed by atoms with Crippen molar-refractivity contribution in [1.29, 1.82) is 0 Å². The van der Waals surface area contributed by atoms with Crippen molar-refractivity contribution < 1.29 is 74.6 Å². The summed E-state index contributed by atoms with van der Waals surface area (Å²) in [5, 5.41) is 0. The molecular weight excluding hydrogens is 457 g/mol. The molecule has 0 spiro atoms. The lowest BCUT2D eigenvalue weighted by molar-refractivity contribution is -0.461. The summed E-state index contributed by atoms with van der Waals surface area (Å²) < 4.78 is 217. The van der Waals surface area contributed by atoms with Gasteiger partial charge >= 0.3 is 47.6 Å². The second-order valence-electron chi connectivity index (χ2n) is 5.19. The highest BCUT2D eigenvalue weighted by molar-refractivity contribution is 5.15. The molecule has 0 aromatic carbocycles. The number of alkyl halides is 17. The molecule has 0 aliphatic rings. The van der Waals surface area contributed by atoms with Gasteiger partial charge in [0, 0.05) is 6.42 Å². The molecule has 2 N–H and O–H groups in total. The first-order valence-electron chi connectivity index (χ1n) is 6.22. The average Bonchev–Trinajstić information content (AvgIpc) is 2.44. The van der Waals surface area contributed by atoms with E-state index in [4.69, 9.17) is 0 Å². The van der Waals surface area contributed by atoms with Crippen LogP contribution >= 0.6 is 0 Å². The lowest BCUT2D eigenvalue weighted by Crippen LogP contribution is -2.74. The molecule has 0 atom stereocenters. The molecule has 0 aromatic heterocycles. The summed E-state index contributed by atoms with van der Waals surface area (Å²) in [6.45, 7) is -1.66. The van der Waals surface area contributed by atoms with Crippen LogP contribution < -0.4 is 5.73 Å². The van der Waals surface area contributed by atoms with E-state index in [1.165, 1.54) is 0 Å². The summed E-state index contributed by atoms with van der Waals surface area (Å²) >= 11 is 0. The maximum Gasteiger partial charge on any atom is 0.460 e. The fourth-order valence-electron chi connectivity index (χ4n) is 1.53. The highest BCUT2D eigenvalue weighted by atomic mass is 19.4. The molecule has 0 amide bonds. The Morgan fingerprint density at radius 2 is 0.643 bits per heavy atom. The third kappa shape index (κ3) is 3.24. The Morgan fingerprint density at radius 1 is 0.393 bits per heavy atom. The second-order valence-corrected chi connectivity index (χ2v) is 5.19. The molecule has 0 fully saturated rings. The molecule has 0 saturated heterocycles. The maximum absolute atomic E-state index is 13.1. The largest absolute Gasteiger partial charge is 0.460 e. The molecule has 0 radical (unpaired) electrons. The van der Waals surface area contributed by atoms with Crippen molar-refractivity contribution >= 4 is 0 Å². The second kappa shape index (κ2) is 6.65. The van der Waals surface area contributed by atoms with Crippen LogP contribution in [0, 0.1) is 0 Å². The maximum atomic E-state index is 13.1. The molecule has 18 heteroatoms. The fraction of sp³-hybridized carbons (Fsp3) is 1.00. The standard InChI is InChI=1S/C10H6F17N/c11-3(12,1-2-28)4(13,14)5(15,16)6(17,18)7(19,20)8(21,22)9(23,24)10(25,26)27/h1-2,28H2. The summed E-state index contributed by atoms with van der Waals surface area (Å²) in [6, 6.07) is 0. The molecule has 0 aliphatic heterocycles. The number of halogens is 17. The van der Waals surface area contributed by atoms with Crippen molar-refractivity contribution in [1.82, 2.24) is 0 Å². The van der Waals surface area contributed by atoms with Crippen LogP contribution in [0.25, 0.3) is 0 Å². The van der Waals surface area contributed by atoms with E-state index in [1.54, 1.807) is 0 Å². The minimum absolute atomic E-state index is 1.66. The van der Waals surface area contributed by atoms with Crippen molar-refractivity contribution in [2.24, 2.45) is 5.73 Å². The highest BCUT2D eigenvalue weighted by Crippen LogP contribution is 2.64. The Hall–Kier alpha value is -1.23. The molecule has 0 aromatic rings. The van der Waals surface area contributed by atoms with E-state index in [1.807, 2.05) is 0 Å². The van der Waals surface area contributed by atoms with E-state index in [9.17, 15) is 74.6 Å². The van der Waals surface area contributed by atoms with Crippen molar-refractivity contribution in [3.8, 4) is 0 Å². The van der Waals surface area contributed by atoms with Crippen LogP contribution in [-0.4, -0.2) is 54.2 Å². The van der Waals surface area contributed by atoms with Gasteiger partial charge in [0.2, 0.25) is 0 Å². The topological polar surface area (TPSA) is 26.0 Å². The molecule has 28 heavy (non-hydrogen) atoms. The third-order valence-corrected chi connectivity index (χ3v) is 3.25. The van der Waals surface area contributed by atoms with Gasteiger partial charge in [-0.2, -0.15) is 74.6 Å². The molecular formula is C10H6F17N. The third-order valence-electron chi connectivity index (χ3n) is 3.25. The van der Waals surface area contributed by atoms with Gasteiger partial charge in [-0.15, -0.1) is 0 Å². The van der Waals surface area contributed by atoms with Crippen LogP contribution in [0.5, 0.6) is 0 Å². The van der Waals surface area contributed by atoms with Crippen LogP contribution in [0.2, 0.25) is 0 Å². The predicted molar refractivity (Wildman–Crippen MR) is 54.4 cm³/mol. The van der Waals surface area contributed by atoms with Gasteiger partial charge in [-0.25, -0.2) is 0 Å². The smallest absolute Gasteiger partial charge is 0.330 e. The Kier molecular flexibility index (Phi) is 6.36. The first-order valence-corrected chi connectivity index (χ1v) is 6.22. The van der Waals surface area contributed by atoms with Gasteiger partial charge in [0.25, 0.3) is 0 Å². The van der Waals surface area contributed by atoms with Gasteiger partial charge in [-0.05, 0) is 6.54 Å². The van der Waals surface area contributed by atoms with E-state index in [-0.39, 0.29) is 0 Å². The van der Waals surface area contributed by atoms with E-state index in [0.717, 1.165) is 0 Å². The first kappa shape index (κ1) is 26.8. The first-order chi connectivity index (χ1) is 11.8. The number of nitrogens with two attached hydrogens (primary N) is 1. The Morgan fingerprint density at radius 3 is 0.893 bits per heavy atom. The van der Waals surface area contributed by atoms with Gasteiger partial charge in [-0.1, -0.05) is 0 Å². The minimum atomic E-state index is -8.59. The molecule has 0 saturated carbocycles. The average molecular weight is 463 g/mol. The SMILES string of the molecule is NCCC(F)(F)C(F)(F)C(F)(F)C(F)(F)C(F)(F)C(F)(F)C(F)(F)C(F)(F)F. The Bertz CT molecular complexity index is 559. The normalized spacial score (nSPS) is 16.5. The molecule has 0 heterocycles. The Balaban J connectivity index is 6.63. The van der Waals surface area contributed by atoms with Crippen LogP contribution in [0.15, 0.2) is 0 Å². The van der Waals surface area contributed by atoms with Gasteiger partial charge in [-0.3, -0.25) is 0 Å². The molecule has 0 unspecified atom stereocenters. The monoisotopic (exact) mass is 463 g/mol. The van der Waals surface area contributed by atoms with Crippen LogP contribution in [0.4, 0.5) is 74.6 Å². The zero-order chi connectivity index (χ0) is 23.4. The summed E-state index contributed by atoms with van der Waals surface area (Å²) in [5.41, 5.74) is 4.29. The van der Waals surface area contributed by atoms with Crippen LogP contribution in [0.1, 0.15) is 6.42 Å². The van der Waals surface area contributed by atoms with Gasteiger partial charge in [0.15, 0.2) is 0 Å². The van der Waals surface area contributed by atoms with Crippen molar-refractivity contribution in [3.05, 3.63) is 0 Å². The minimum Gasteiger partial charge on any atom is -0.330 e. The Labute approximate surface area is 142 Å². The van der Waals surface area contributed by atoms with Gasteiger partial charge in [0.1, 0.15) is 0 Å². The number of hydrogen-bond acceptors (Lipinski definition) is 1. The van der Waals surface area contributed by atoms with Crippen molar-refractivity contribution in [3.63, 3.8) is 0 Å². The van der Waals surface area contributed by atoms with Gasteiger partial charge < -0.3 is 5.73 Å². The predicted octanol–water partition coefficient (Wildman–Crippen LogP) is 5.34. The van der Waals surface area contributed by atoms with Crippen molar-refractivity contribution in [2.45, 2.75) is 54.1 Å². The molecule has 0 bridgehead atoms. The lowest BCUT2D eigenvalue weighted by Gasteiger charge is -2.42. The summed E-state index contributed by atoms with van der Waals surface area (Å²) in [7, 11) is 0. The van der Waals surface area contributed by atoms with Crippen LogP contribution in [-0.2, 0) is 0 Å². The van der Waals surface area contributed by atoms with Crippen molar-refractivity contribution in [2.75, 3.05) is 6.54 Å². The van der Waals surface area contributed by atoms with Gasteiger partial charge in [0.05, 0.1) is 0 Å². The van der Waals surface area contributed by atoms with E-state index < -0.39 is 60.6 Å². The lowest BCUT2D eigenvalue weighted by atomic mass is 9.88. The molecule has 170 valence electrons. The summed E-state index contributed by atoms with van der Waals surface area (Å²) in [4.78, 5) is 0. The molecule has 0 rings (SSSR count). The summed E-state index contributed by atoms with van der Waals surface area (Å²) in [6.07, 6.45) is -10.4. The van der Waals surface area contributed by atoms with Crippen LogP contribution in [0.3, 0.4) is 0 Å². The molecule has 0 aliphatic carbocycles. The van der Waals surface area contributed by atoms with E-state index >= 15 is 0 Å². The number of hydrogen-bond donors (Lipinski definition) is 1. The van der Waals surface area contributed by atoms with E-state index in [0.29, 0.717) is 0 Å². The summed E-state index contributed by atoms with van der Waals surface area (Å²) in [5.74, 6) is -56.0. The number of rotatable bonds is 8. The zero-order valence-corrected chi connectivity index (χ0v) is 12.4. The quantitative estimate of drug-likeness (QED) is 0.484. The molecule has 1 nitrogen and oxygen atoms in total. The van der Waals surface area contributed by atoms with E-state index in [2.05, 4.69) is 5.73 Å². The zero-order valence-electron chi connectivity index (χ0n) is 12.4. The fourth-order valence-corrected chi connectivity index (χ4v) is 1.53.